The summed E-state index contributed by atoms with van der Waals surface area (Å²) >= 11 is 0. The summed E-state index contributed by atoms with van der Waals surface area (Å²) in [6.07, 6.45) is 5.26. The minimum absolute atomic E-state index is 0.153. The van der Waals surface area contributed by atoms with Crippen molar-refractivity contribution in [1.82, 2.24) is 9.97 Å². The second-order valence-electron chi connectivity index (χ2n) is 8.76. The van der Waals surface area contributed by atoms with E-state index in [1.165, 1.54) is 22.3 Å². The molecule has 4 rings (SSSR count). The van der Waals surface area contributed by atoms with Gasteiger partial charge in [-0.25, -0.2) is 9.97 Å². The lowest BCUT2D eigenvalue weighted by molar-refractivity contribution is 0.108. The third kappa shape index (κ3) is 5.07. The molecule has 1 heterocycles. The van der Waals surface area contributed by atoms with Crippen LogP contribution in [-0.4, -0.2) is 9.97 Å². The Bertz CT molecular complexity index is 1060. The lowest BCUT2D eigenvalue weighted by atomic mass is 9.87. The van der Waals surface area contributed by atoms with Gasteiger partial charge in [-0.15, -0.1) is 0 Å². The van der Waals surface area contributed by atoms with E-state index in [-0.39, 0.29) is 5.41 Å². The molecule has 0 saturated heterocycles. The molecule has 0 atom stereocenters. The van der Waals surface area contributed by atoms with Gasteiger partial charge in [0.25, 0.3) is 0 Å². The molecule has 0 aliphatic rings. The number of aromatic nitrogens is 2. The van der Waals surface area contributed by atoms with Crippen LogP contribution in [0.15, 0.2) is 91.5 Å². The van der Waals surface area contributed by atoms with Gasteiger partial charge in [0.1, 0.15) is 6.33 Å². The van der Waals surface area contributed by atoms with Gasteiger partial charge in [-0.1, -0.05) is 93.6 Å². The number of hydrogen-bond donors (Lipinski definition) is 0. The molecule has 3 aromatic carbocycles. The van der Waals surface area contributed by atoms with Crippen LogP contribution in [0.1, 0.15) is 37.5 Å². The van der Waals surface area contributed by atoms with Crippen molar-refractivity contribution in [3.05, 3.63) is 108 Å². The zero-order chi connectivity index (χ0) is 21.7. The first-order valence-electron chi connectivity index (χ1n) is 10.6. The van der Waals surface area contributed by atoms with Crippen molar-refractivity contribution >= 4 is 0 Å². The van der Waals surface area contributed by atoms with Crippen LogP contribution in [0.4, 0.5) is 0 Å². The maximum atomic E-state index is 6.21. The maximum absolute atomic E-state index is 6.21. The van der Waals surface area contributed by atoms with E-state index in [0.29, 0.717) is 13.2 Å². The Morgan fingerprint density at radius 2 is 1.32 bits per heavy atom. The van der Waals surface area contributed by atoms with Gasteiger partial charge in [-0.05, 0) is 38.8 Å². The summed E-state index contributed by atoms with van der Waals surface area (Å²) in [4.78, 5) is 8.42. The molecule has 0 bridgehead atoms. The molecule has 3 heteroatoms. The topological polar surface area (TPSA) is 35.0 Å². The molecule has 0 saturated carbocycles. The maximum Gasteiger partial charge on any atom is 0.115 e. The van der Waals surface area contributed by atoms with Crippen LogP contribution in [0.3, 0.4) is 0 Å². The summed E-state index contributed by atoms with van der Waals surface area (Å²) in [7, 11) is 0. The zero-order valence-electron chi connectivity index (χ0n) is 18.4. The molecule has 0 N–H and O–H groups in total. The van der Waals surface area contributed by atoms with E-state index in [0.717, 1.165) is 16.7 Å². The molecule has 31 heavy (non-hydrogen) atoms. The van der Waals surface area contributed by atoms with Gasteiger partial charge in [0, 0.05) is 18.0 Å². The molecule has 0 amide bonds. The molecular weight excluding hydrogens is 380 g/mol. The van der Waals surface area contributed by atoms with Crippen LogP contribution in [0.25, 0.3) is 22.3 Å². The molecule has 4 aromatic rings. The monoisotopic (exact) mass is 408 g/mol. The molecule has 3 nitrogen and oxygen atoms in total. The van der Waals surface area contributed by atoms with Gasteiger partial charge in [0.2, 0.25) is 0 Å². The van der Waals surface area contributed by atoms with E-state index in [1.807, 2.05) is 18.5 Å². The summed E-state index contributed by atoms with van der Waals surface area (Å²) in [5.41, 5.74) is 8.25. The number of hydrogen-bond acceptors (Lipinski definition) is 3. The van der Waals surface area contributed by atoms with Crippen molar-refractivity contribution in [2.45, 2.75) is 39.4 Å². The van der Waals surface area contributed by atoms with Gasteiger partial charge < -0.3 is 4.74 Å². The number of nitrogens with zero attached hydrogens (tertiary/aromatic N) is 2. The summed E-state index contributed by atoms with van der Waals surface area (Å²) in [6.45, 7) is 7.77. The van der Waals surface area contributed by atoms with Crippen molar-refractivity contribution in [2.24, 2.45) is 0 Å². The standard InChI is InChI=1S/C28H28N2O/c1-28(2,3)24-14-12-21(13-15-24)18-31-19-27-25(22-8-5-4-6-9-22)10-7-11-26(27)23-16-29-20-30-17-23/h4-17,20H,18-19H2,1-3H3. The third-order valence-corrected chi connectivity index (χ3v) is 5.47. The van der Waals surface area contributed by atoms with Crippen molar-refractivity contribution < 1.29 is 4.74 Å². The Labute approximate surface area is 184 Å². The van der Waals surface area contributed by atoms with E-state index in [9.17, 15) is 0 Å². The average molecular weight is 409 g/mol. The Kier molecular flexibility index (Phi) is 6.24. The van der Waals surface area contributed by atoms with Crippen molar-refractivity contribution in [3.8, 4) is 22.3 Å². The largest absolute Gasteiger partial charge is 0.372 e. The Balaban J connectivity index is 1.60. The van der Waals surface area contributed by atoms with Gasteiger partial charge in [0.15, 0.2) is 0 Å². The Hall–Kier alpha value is -3.30. The van der Waals surface area contributed by atoms with E-state index in [4.69, 9.17) is 4.74 Å². The predicted molar refractivity (Wildman–Crippen MR) is 127 cm³/mol. The number of ether oxygens (including phenoxy) is 1. The van der Waals surface area contributed by atoms with E-state index < -0.39 is 0 Å². The smallest absolute Gasteiger partial charge is 0.115 e. The first-order chi connectivity index (χ1) is 15.0. The summed E-state index contributed by atoms with van der Waals surface area (Å²) in [5, 5.41) is 0. The molecule has 1 aromatic heterocycles. The fourth-order valence-corrected chi connectivity index (χ4v) is 3.71. The van der Waals surface area contributed by atoms with E-state index in [1.54, 1.807) is 6.33 Å². The second-order valence-corrected chi connectivity index (χ2v) is 8.76. The Morgan fingerprint density at radius 3 is 1.97 bits per heavy atom. The van der Waals surface area contributed by atoms with Gasteiger partial charge in [0.05, 0.1) is 13.2 Å². The quantitative estimate of drug-likeness (QED) is 0.351. The average Bonchev–Trinajstić information content (AvgIpc) is 2.80. The van der Waals surface area contributed by atoms with Crippen LogP contribution in [0.2, 0.25) is 0 Å². The van der Waals surface area contributed by atoms with Crippen molar-refractivity contribution in [3.63, 3.8) is 0 Å². The molecule has 0 unspecified atom stereocenters. The van der Waals surface area contributed by atoms with Gasteiger partial charge in [-0.3, -0.25) is 0 Å². The molecule has 0 radical (unpaired) electrons. The normalized spacial score (nSPS) is 11.5. The third-order valence-electron chi connectivity index (χ3n) is 5.47. The molecule has 156 valence electrons. The second kappa shape index (κ2) is 9.23. The molecule has 0 aliphatic heterocycles. The van der Waals surface area contributed by atoms with E-state index in [2.05, 4.69) is 97.5 Å². The minimum Gasteiger partial charge on any atom is -0.372 e. The van der Waals surface area contributed by atoms with Crippen LogP contribution in [0, 0.1) is 0 Å². The highest BCUT2D eigenvalue weighted by Crippen LogP contribution is 2.33. The fourth-order valence-electron chi connectivity index (χ4n) is 3.71. The zero-order valence-corrected chi connectivity index (χ0v) is 18.4. The number of rotatable bonds is 6. The Morgan fingerprint density at radius 1 is 0.677 bits per heavy atom. The van der Waals surface area contributed by atoms with Gasteiger partial charge >= 0.3 is 0 Å². The first-order valence-corrected chi connectivity index (χ1v) is 10.6. The highest BCUT2D eigenvalue weighted by atomic mass is 16.5. The summed E-state index contributed by atoms with van der Waals surface area (Å²) in [5.74, 6) is 0. The highest BCUT2D eigenvalue weighted by molar-refractivity contribution is 5.77. The molecule has 0 fully saturated rings. The van der Waals surface area contributed by atoms with Crippen LogP contribution in [-0.2, 0) is 23.4 Å². The summed E-state index contributed by atoms with van der Waals surface area (Å²) in [6, 6.07) is 25.5. The molecule has 0 spiro atoms. The van der Waals surface area contributed by atoms with Crippen LogP contribution >= 0.6 is 0 Å². The number of benzene rings is 3. The van der Waals surface area contributed by atoms with Crippen LogP contribution < -0.4 is 0 Å². The predicted octanol–water partition coefficient (Wildman–Crippen LogP) is 6.82. The minimum atomic E-state index is 0.153. The molecule has 0 aliphatic carbocycles. The van der Waals surface area contributed by atoms with Gasteiger partial charge in [-0.2, -0.15) is 0 Å². The summed E-state index contributed by atoms with van der Waals surface area (Å²) < 4.78 is 6.21. The van der Waals surface area contributed by atoms with E-state index >= 15 is 0 Å². The van der Waals surface area contributed by atoms with Crippen molar-refractivity contribution in [2.75, 3.05) is 0 Å². The fraction of sp³-hybridized carbons (Fsp3) is 0.214. The SMILES string of the molecule is CC(C)(C)c1ccc(COCc2c(-c3ccccc3)cccc2-c2cncnc2)cc1. The van der Waals surface area contributed by atoms with Crippen LogP contribution in [0.5, 0.6) is 0 Å². The molecular formula is C28H28N2O. The highest BCUT2D eigenvalue weighted by Gasteiger charge is 2.14. The van der Waals surface area contributed by atoms with Crippen molar-refractivity contribution in [1.29, 1.82) is 0 Å². The lowest BCUT2D eigenvalue weighted by Crippen LogP contribution is -2.10. The lowest BCUT2D eigenvalue weighted by Gasteiger charge is -2.19. The first kappa shape index (κ1) is 21.0.